The monoisotopic (exact) mass is 430 g/mol. The molecule has 1 aliphatic carbocycles. The topological polar surface area (TPSA) is 115 Å². The van der Waals surface area contributed by atoms with Crippen molar-refractivity contribution in [1.82, 2.24) is 19.9 Å². The minimum absolute atomic E-state index is 0.106. The number of fused-ring (bicyclic) bond motifs is 1. The predicted molar refractivity (Wildman–Crippen MR) is 116 cm³/mol. The number of methoxy groups -OCH3 is 1. The Kier molecular flexibility index (Phi) is 4.78. The number of rotatable bonds is 4. The van der Waals surface area contributed by atoms with E-state index in [2.05, 4.69) is 25.9 Å². The Morgan fingerprint density at radius 3 is 2.69 bits per heavy atom. The van der Waals surface area contributed by atoms with E-state index >= 15 is 0 Å². The van der Waals surface area contributed by atoms with Crippen LogP contribution in [0.1, 0.15) is 34.5 Å². The molecule has 3 heterocycles. The lowest BCUT2D eigenvalue weighted by Gasteiger charge is -2.43. The molecule has 3 aromatic rings. The zero-order valence-electron chi connectivity index (χ0n) is 17.7. The molecule has 32 heavy (non-hydrogen) atoms. The number of hydrogen-bond acceptors (Lipinski definition) is 7. The second-order valence-corrected chi connectivity index (χ2v) is 8.31. The number of anilines is 1. The number of carbonyl (C=O) groups is 2. The van der Waals surface area contributed by atoms with Crippen LogP contribution in [0, 0.1) is 11.3 Å². The highest BCUT2D eigenvalue weighted by atomic mass is 16.5. The molecule has 1 amide bonds. The lowest BCUT2D eigenvalue weighted by Crippen LogP contribution is -2.57. The molecule has 1 saturated heterocycles. The van der Waals surface area contributed by atoms with Gasteiger partial charge in [-0.1, -0.05) is 12.1 Å². The maximum absolute atomic E-state index is 13.1. The maximum atomic E-state index is 13.1. The molecule has 0 atom stereocenters. The van der Waals surface area contributed by atoms with Crippen molar-refractivity contribution < 1.29 is 14.3 Å². The number of H-pyrrole nitrogens is 1. The highest BCUT2D eigenvalue weighted by Gasteiger charge is 2.53. The van der Waals surface area contributed by atoms with Gasteiger partial charge in [0.15, 0.2) is 0 Å². The van der Waals surface area contributed by atoms with E-state index in [1.165, 1.54) is 13.4 Å². The summed E-state index contributed by atoms with van der Waals surface area (Å²) in [5.41, 5.74) is 2.24. The van der Waals surface area contributed by atoms with Gasteiger partial charge in [0.2, 0.25) is 5.91 Å². The summed E-state index contributed by atoms with van der Waals surface area (Å²) < 4.78 is 4.80. The molecular formula is C23H22N6O3. The van der Waals surface area contributed by atoms with Gasteiger partial charge in [-0.05, 0) is 36.6 Å². The smallest absolute Gasteiger partial charge is 0.354 e. The zero-order chi connectivity index (χ0) is 22.3. The van der Waals surface area contributed by atoms with E-state index in [1.807, 2.05) is 17.0 Å². The first kappa shape index (κ1) is 20.0. The second kappa shape index (κ2) is 7.64. The van der Waals surface area contributed by atoms with Crippen molar-refractivity contribution in [1.29, 1.82) is 5.26 Å². The molecule has 2 fully saturated rings. The maximum Gasteiger partial charge on any atom is 0.354 e. The van der Waals surface area contributed by atoms with Crippen molar-refractivity contribution in [2.75, 3.05) is 31.6 Å². The number of amides is 1. The molecule has 0 radical (unpaired) electrons. The largest absolute Gasteiger partial charge is 0.464 e. The van der Waals surface area contributed by atoms with Crippen LogP contribution in [0.4, 0.5) is 5.82 Å². The first-order valence-electron chi connectivity index (χ1n) is 10.5. The Labute approximate surface area is 184 Å². The summed E-state index contributed by atoms with van der Waals surface area (Å²) >= 11 is 0. The fourth-order valence-corrected chi connectivity index (χ4v) is 4.49. The first-order chi connectivity index (χ1) is 15.5. The minimum Gasteiger partial charge on any atom is -0.464 e. The lowest BCUT2D eigenvalue weighted by molar-refractivity contribution is -0.134. The molecule has 9 heteroatoms. The van der Waals surface area contributed by atoms with Crippen molar-refractivity contribution >= 4 is 28.7 Å². The van der Waals surface area contributed by atoms with Crippen LogP contribution >= 0.6 is 0 Å². The van der Waals surface area contributed by atoms with Gasteiger partial charge in [-0.2, -0.15) is 5.26 Å². The van der Waals surface area contributed by atoms with Gasteiger partial charge in [0.1, 0.15) is 23.5 Å². The Balaban J connectivity index is 1.34. The quantitative estimate of drug-likeness (QED) is 0.630. The van der Waals surface area contributed by atoms with Crippen LogP contribution in [0.3, 0.4) is 0 Å². The molecule has 2 aromatic heterocycles. The van der Waals surface area contributed by atoms with Crippen molar-refractivity contribution in [3.8, 4) is 6.07 Å². The highest BCUT2D eigenvalue weighted by Crippen LogP contribution is 2.45. The van der Waals surface area contributed by atoms with Crippen LogP contribution in [0.2, 0.25) is 0 Å². The van der Waals surface area contributed by atoms with Crippen molar-refractivity contribution in [2.24, 2.45) is 0 Å². The third-order valence-electron chi connectivity index (χ3n) is 6.33. The summed E-state index contributed by atoms with van der Waals surface area (Å²) in [4.78, 5) is 40.9. The second-order valence-electron chi connectivity index (χ2n) is 8.31. The number of benzene rings is 1. The molecule has 1 saturated carbocycles. The standard InChI is InChI=1S/C23H22N6O3/c1-32-22(31)18-11-17-20(27-18)25-14-26-21(17)28-8-9-29(23(13-28)6-7-23)19(30)10-15-2-4-16(12-24)5-3-15/h2-5,11,14H,6-10,13H2,1H3,(H,25,26,27). The van der Waals surface area contributed by atoms with Gasteiger partial charge in [-0.15, -0.1) is 0 Å². The fourth-order valence-electron chi connectivity index (χ4n) is 4.49. The van der Waals surface area contributed by atoms with E-state index in [0.717, 1.165) is 29.6 Å². The summed E-state index contributed by atoms with van der Waals surface area (Å²) in [6, 6.07) is 11.0. The number of aromatic nitrogens is 3. The van der Waals surface area contributed by atoms with E-state index in [4.69, 9.17) is 10.00 Å². The molecule has 1 aromatic carbocycles. The molecular weight excluding hydrogens is 408 g/mol. The van der Waals surface area contributed by atoms with Crippen molar-refractivity contribution in [3.05, 3.63) is 53.5 Å². The predicted octanol–water partition coefficient (Wildman–Crippen LogP) is 2.04. The van der Waals surface area contributed by atoms with E-state index in [0.29, 0.717) is 43.0 Å². The summed E-state index contributed by atoms with van der Waals surface area (Å²) in [6.07, 6.45) is 3.72. The normalized spacial score (nSPS) is 16.8. The minimum atomic E-state index is -0.453. The van der Waals surface area contributed by atoms with E-state index in [1.54, 1.807) is 18.2 Å². The highest BCUT2D eigenvalue weighted by molar-refractivity contribution is 5.97. The molecule has 0 bridgehead atoms. The molecule has 0 unspecified atom stereocenters. The van der Waals surface area contributed by atoms with Gasteiger partial charge in [0.25, 0.3) is 0 Å². The van der Waals surface area contributed by atoms with Crippen LogP contribution in [0.15, 0.2) is 36.7 Å². The Bertz CT molecular complexity index is 1240. The number of nitriles is 1. The average molecular weight is 430 g/mol. The lowest BCUT2D eigenvalue weighted by atomic mass is 10.1. The van der Waals surface area contributed by atoms with Crippen LogP contribution in [-0.4, -0.2) is 64.0 Å². The molecule has 2 aliphatic rings. The van der Waals surface area contributed by atoms with Crippen molar-refractivity contribution in [2.45, 2.75) is 24.8 Å². The molecule has 1 aliphatic heterocycles. The third-order valence-corrected chi connectivity index (χ3v) is 6.33. The van der Waals surface area contributed by atoms with E-state index in [9.17, 15) is 9.59 Å². The van der Waals surface area contributed by atoms with Crippen LogP contribution in [-0.2, 0) is 16.0 Å². The summed E-state index contributed by atoms with van der Waals surface area (Å²) in [5.74, 6) is 0.409. The number of aromatic amines is 1. The summed E-state index contributed by atoms with van der Waals surface area (Å²) in [5, 5.41) is 9.72. The average Bonchev–Trinajstić information content (AvgIpc) is 3.42. The molecule has 162 valence electrons. The van der Waals surface area contributed by atoms with Gasteiger partial charge < -0.3 is 19.5 Å². The number of esters is 1. The van der Waals surface area contributed by atoms with Gasteiger partial charge >= 0.3 is 5.97 Å². The molecule has 9 nitrogen and oxygen atoms in total. The van der Waals surface area contributed by atoms with Crippen LogP contribution < -0.4 is 4.90 Å². The number of ether oxygens (including phenoxy) is 1. The van der Waals surface area contributed by atoms with Crippen LogP contribution in [0.25, 0.3) is 11.0 Å². The summed E-state index contributed by atoms with van der Waals surface area (Å²) in [6.45, 7) is 1.94. The fraction of sp³-hybridized carbons (Fsp3) is 0.348. The molecule has 1 spiro atoms. The van der Waals surface area contributed by atoms with Crippen molar-refractivity contribution in [3.63, 3.8) is 0 Å². The number of nitrogens with one attached hydrogen (secondary N) is 1. The number of piperazine rings is 1. The SMILES string of the molecule is COC(=O)c1cc2c(N3CCN(C(=O)Cc4ccc(C#N)cc4)C4(CC4)C3)ncnc2[nH]1. The van der Waals surface area contributed by atoms with E-state index < -0.39 is 5.97 Å². The van der Waals surface area contributed by atoms with Gasteiger partial charge in [0, 0.05) is 19.6 Å². The van der Waals surface area contributed by atoms with Gasteiger partial charge in [-0.25, -0.2) is 14.8 Å². The Hall–Kier alpha value is -3.93. The molecule has 5 rings (SSSR count). The third kappa shape index (κ3) is 3.43. The van der Waals surface area contributed by atoms with Crippen LogP contribution in [0.5, 0.6) is 0 Å². The Morgan fingerprint density at radius 1 is 1.22 bits per heavy atom. The molecule has 1 N–H and O–H groups in total. The zero-order valence-corrected chi connectivity index (χ0v) is 17.7. The number of hydrogen-bond donors (Lipinski definition) is 1. The summed E-state index contributed by atoms with van der Waals surface area (Å²) in [7, 11) is 1.34. The van der Waals surface area contributed by atoms with Gasteiger partial charge in [0.05, 0.1) is 36.1 Å². The number of carbonyl (C=O) groups excluding carboxylic acids is 2. The first-order valence-corrected chi connectivity index (χ1v) is 10.5. The van der Waals surface area contributed by atoms with Gasteiger partial charge in [-0.3, -0.25) is 4.79 Å². The Morgan fingerprint density at radius 2 is 2.00 bits per heavy atom. The number of nitrogens with zero attached hydrogens (tertiary/aromatic N) is 5. The van der Waals surface area contributed by atoms with E-state index in [-0.39, 0.29) is 11.4 Å².